The van der Waals surface area contributed by atoms with Crippen molar-refractivity contribution < 1.29 is 13.5 Å². The number of nitrogens with zero attached hydrogens (tertiary/aromatic N) is 1. The van der Waals surface area contributed by atoms with Crippen LogP contribution in [-0.2, 0) is 11.3 Å². The lowest BCUT2D eigenvalue weighted by Gasteiger charge is -2.14. The minimum Gasteiger partial charge on any atom is -0.504 e. The second kappa shape index (κ2) is 7.43. The maximum atomic E-state index is 14.3. The van der Waals surface area contributed by atoms with Gasteiger partial charge in [0.25, 0.3) is 5.56 Å². The van der Waals surface area contributed by atoms with Crippen molar-refractivity contribution in [1.29, 1.82) is 0 Å². The number of rotatable bonds is 5. The average Bonchev–Trinajstić information content (AvgIpc) is 2.54. The van der Waals surface area contributed by atoms with Crippen molar-refractivity contribution in [2.45, 2.75) is 33.7 Å². The summed E-state index contributed by atoms with van der Waals surface area (Å²) in [6.45, 7) is 6.05. The summed E-state index contributed by atoms with van der Waals surface area (Å²) in [4.78, 5) is 12.3. The molecule has 0 N–H and O–H groups in total. The molecule has 24 heavy (non-hydrogen) atoms. The molecule has 2 aromatic rings. The average molecular weight is 333 g/mol. The molecule has 0 aliphatic rings. The van der Waals surface area contributed by atoms with Gasteiger partial charge in [0.1, 0.15) is 11.6 Å². The fraction of sp³-hybridized carbons (Fsp3) is 0.316. The van der Waals surface area contributed by atoms with Crippen LogP contribution < -0.4 is 5.56 Å². The summed E-state index contributed by atoms with van der Waals surface area (Å²) in [5, 5.41) is 0. The highest BCUT2D eigenvalue weighted by atomic mass is 19.1. The molecule has 128 valence electrons. The number of hydrogen-bond donors (Lipinski definition) is 0. The molecule has 0 bridgehead atoms. The molecule has 0 aliphatic heterocycles. The minimum atomic E-state index is -0.677. The summed E-state index contributed by atoms with van der Waals surface area (Å²) in [5.74, 6) is -1.35. The molecule has 5 heteroatoms. The maximum Gasteiger partial charge on any atom is 0.253 e. The zero-order chi connectivity index (χ0) is 17.9. The van der Waals surface area contributed by atoms with E-state index in [9.17, 15) is 13.6 Å². The van der Waals surface area contributed by atoms with Crippen molar-refractivity contribution in [3.8, 4) is 11.1 Å². The molecule has 2 rings (SSSR count). The van der Waals surface area contributed by atoms with E-state index in [0.29, 0.717) is 23.2 Å². The van der Waals surface area contributed by atoms with Crippen LogP contribution >= 0.6 is 0 Å². The van der Waals surface area contributed by atoms with Gasteiger partial charge in [-0.15, -0.1) is 0 Å². The lowest BCUT2D eigenvalue weighted by molar-refractivity contribution is 0.341. The Kier molecular flexibility index (Phi) is 5.54. The second-order valence-corrected chi connectivity index (χ2v) is 5.68. The Bertz CT molecular complexity index is 815. The Morgan fingerprint density at radius 1 is 1.17 bits per heavy atom. The molecule has 0 amide bonds. The molecule has 0 spiro atoms. The van der Waals surface area contributed by atoms with Crippen molar-refractivity contribution in [2.75, 3.05) is 7.11 Å². The van der Waals surface area contributed by atoms with Crippen LogP contribution in [0.1, 0.15) is 30.0 Å². The van der Waals surface area contributed by atoms with E-state index >= 15 is 0 Å². The van der Waals surface area contributed by atoms with Gasteiger partial charge in [0.15, 0.2) is 0 Å². The first-order valence-electron chi connectivity index (χ1n) is 7.80. The van der Waals surface area contributed by atoms with Gasteiger partial charge in [0.05, 0.1) is 13.4 Å². The van der Waals surface area contributed by atoms with Gasteiger partial charge in [0.2, 0.25) is 0 Å². The number of halogens is 2. The van der Waals surface area contributed by atoms with Gasteiger partial charge in [-0.25, -0.2) is 8.78 Å². The van der Waals surface area contributed by atoms with Gasteiger partial charge >= 0.3 is 0 Å². The Labute approximate surface area is 140 Å². The summed E-state index contributed by atoms with van der Waals surface area (Å²) in [6.07, 6.45) is 4.93. The van der Waals surface area contributed by atoms with Gasteiger partial charge in [0, 0.05) is 29.4 Å². The van der Waals surface area contributed by atoms with Crippen molar-refractivity contribution in [2.24, 2.45) is 0 Å². The Morgan fingerprint density at radius 3 is 2.33 bits per heavy atom. The number of hydrogen-bond acceptors (Lipinski definition) is 2. The number of pyridine rings is 1. The van der Waals surface area contributed by atoms with E-state index in [2.05, 4.69) is 0 Å². The quantitative estimate of drug-likeness (QED) is 0.758. The van der Waals surface area contributed by atoms with Crippen molar-refractivity contribution >= 4 is 6.08 Å². The molecular weight excluding hydrogens is 312 g/mol. The van der Waals surface area contributed by atoms with Crippen LogP contribution in [0.5, 0.6) is 0 Å². The fourth-order valence-electron chi connectivity index (χ4n) is 2.62. The molecule has 3 nitrogen and oxygen atoms in total. The van der Waals surface area contributed by atoms with E-state index in [0.717, 1.165) is 12.0 Å². The Morgan fingerprint density at radius 2 is 1.79 bits per heavy atom. The van der Waals surface area contributed by atoms with Crippen LogP contribution in [0.15, 0.2) is 29.4 Å². The van der Waals surface area contributed by atoms with Gasteiger partial charge in [-0.3, -0.25) is 4.79 Å². The van der Waals surface area contributed by atoms with Crippen LogP contribution in [0.4, 0.5) is 8.78 Å². The highest BCUT2D eigenvalue weighted by molar-refractivity contribution is 5.69. The van der Waals surface area contributed by atoms with E-state index in [4.69, 9.17) is 4.74 Å². The third kappa shape index (κ3) is 3.40. The predicted molar refractivity (Wildman–Crippen MR) is 91.9 cm³/mol. The summed E-state index contributed by atoms with van der Waals surface area (Å²) in [5.41, 5.74) is 2.15. The smallest absolute Gasteiger partial charge is 0.253 e. The molecular formula is C19H21F2NO2. The molecule has 0 aliphatic carbocycles. The van der Waals surface area contributed by atoms with E-state index in [1.165, 1.54) is 31.6 Å². The number of ether oxygens (including phenoxy) is 1. The summed E-state index contributed by atoms with van der Waals surface area (Å²) < 4.78 is 34.8. The lowest BCUT2D eigenvalue weighted by atomic mass is 9.98. The number of benzene rings is 1. The molecule has 1 aromatic carbocycles. The van der Waals surface area contributed by atoms with Crippen LogP contribution in [0.2, 0.25) is 0 Å². The van der Waals surface area contributed by atoms with E-state index < -0.39 is 11.6 Å². The molecule has 0 atom stereocenters. The molecule has 1 heterocycles. The molecule has 0 radical (unpaired) electrons. The lowest BCUT2D eigenvalue weighted by Crippen LogP contribution is -2.23. The largest absolute Gasteiger partial charge is 0.504 e. The molecule has 1 aromatic heterocycles. The van der Waals surface area contributed by atoms with Crippen molar-refractivity contribution in [3.05, 3.63) is 63.3 Å². The topological polar surface area (TPSA) is 31.2 Å². The zero-order valence-electron chi connectivity index (χ0n) is 14.3. The van der Waals surface area contributed by atoms with Gasteiger partial charge in [-0.2, -0.15) is 0 Å². The monoisotopic (exact) mass is 333 g/mol. The highest BCUT2D eigenvalue weighted by Gasteiger charge is 2.15. The van der Waals surface area contributed by atoms with Gasteiger partial charge in [-0.1, -0.05) is 6.92 Å². The van der Waals surface area contributed by atoms with Crippen LogP contribution in [0.25, 0.3) is 17.2 Å². The summed E-state index contributed by atoms with van der Waals surface area (Å²) in [6, 6.07) is 2.56. The standard InChI is InChI=1S/C19H21F2NO2/c1-5-7-22-11-16(12(2)13(3)19(22)23)14-9-17(20)15(6-8-24-4)18(21)10-14/h6,8-11H,5,7H2,1-4H3. The predicted octanol–water partition coefficient (Wildman–Crippen LogP) is 4.44. The number of methoxy groups -OCH3 is 1. The normalized spacial score (nSPS) is 11.2. The molecule has 0 fully saturated rings. The number of aromatic nitrogens is 1. The third-order valence-corrected chi connectivity index (χ3v) is 4.06. The highest BCUT2D eigenvalue weighted by Crippen LogP contribution is 2.28. The van der Waals surface area contributed by atoms with Gasteiger partial charge < -0.3 is 9.30 Å². The van der Waals surface area contributed by atoms with Crippen molar-refractivity contribution in [1.82, 2.24) is 4.57 Å². The van der Waals surface area contributed by atoms with E-state index in [1.54, 1.807) is 24.6 Å². The summed E-state index contributed by atoms with van der Waals surface area (Å²) in [7, 11) is 1.41. The first-order valence-corrected chi connectivity index (χ1v) is 7.80. The van der Waals surface area contributed by atoms with E-state index in [-0.39, 0.29) is 11.1 Å². The first kappa shape index (κ1) is 17.9. The van der Waals surface area contributed by atoms with E-state index in [1.807, 2.05) is 6.92 Å². The molecule has 0 unspecified atom stereocenters. The van der Waals surface area contributed by atoms with Crippen molar-refractivity contribution in [3.63, 3.8) is 0 Å². The second-order valence-electron chi connectivity index (χ2n) is 5.68. The van der Waals surface area contributed by atoms with Crippen LogP contribution in [0, 0.1) is 25.5 Å². The fourth-order valence-corrected chi connectivity index (χ4v) is 2.62. The molecule has 0 saturated carbocycles. The zero-order valence-corrected chi connectivity index (χ0v) is 14.3. The number of aryl methyl sites for hydroxylation is 1. The molecule has 0 saturated heterocycles. The Balaban J connectivity index is 2.64. The van der Waals surface area contributed by atoms with Gasteiger partial charge in [-0.05, 0) is 49.6 Å². The maximum absolute atomic E-state index is 14.3. The minimum absolute atomic E-state index is 0.0707. The first-order chi connectivity index (χ1) is 11.4. The van der Waals surface area contributed by atoms with Crippen LogP contribution in [0.3, 0.4) is 0 Å². The third-order valence-electron chi connectivity index (χ3n) is 4.06. The van der Waals surface area contributed by atoms with Crippen LogP contribution in [-0.4, -0.2) is 11.7 Å². The SMILES string of the molecule is CCCn1cc(-c2cc(F)c(C=COC)c(F)c2)c(C)c(C)c1=O. The summed E-state index contributed by atoms with van der Waals surface area (Å²) >= 11 is 0. The Hall–Kier alpha value is -2.43.